The first-order valence-electron chi connectivity index (χ1n) is 14.9. The van der Waals surface area contributed by atoms with Gasteiger partial charge in [-0.2, -0.15) is 26.3 Å². The van der Waals surface area contributed by atoms with Crippen molar-refractivity contribution in [2.24, 2.45) is 0 Å². The van der Waals surface area contributed by atoms with Crippen LogP contribution in [0.25, 0.3) is 22.2 Å². The molecule has 2 heterocycles. The Morgan fingerprint density at radius 2 is 1.65 bits per heavy atom. The van der Waals surface area contributed by atoms with Crippen molar-refractivity contribution in [1.82, 2.24) is 19.9 Å². The third-order valence-electron chi connectivity index (χ3n) is 8.00. The van der Waals surface area contributed by atoms with Gasteiger partial charge in [-0.15, -0.1) is 0 Å². The summed E-state index contributed by atoms with van der Waals surface area (Å²) in [6.45, 7) is 4.05. The van der Waals surface area contributed by atoms with Crippen LogP contribution in [0.2, 0.25) is 0 Å². The van der Waals surface area contributed by atoms with Crippen LogP contribution in [0.1, 0.15) is 56.1 Å². The predicted molar refractivity (Wildman–Crippen MR) is 168 cm³/mol. The van der Waals surface area contributed by atoms with E-state index in [1.807, 2.05) is 37.4 Å². The number of anilines is 1. The third kappa shape index (κ3) is 7.31. The van der Waals surface area contributed by atoms with Crippen molar-refractivity contribution in [1.29, 1.82) is 0 Å². The molecular formula is C35H33F6N5. The van der Waals surface area contributed by atoms with Gasteiger partial charge in [0.15, 0.2) is 0 Å². The lowest BCUT2D eigenvalue weighted by atomic mass is 10.0. The maximum Gasteiger partial charge on any atom is 0.418 e. The van der Waals surface area contributed by atoms with Crippen LogP contribution in [0, 0.1) is 0 Å². The molecule has 11 heteroatoms. The maximum absolute atomic E-state index is 13.8. The van der Waals surface area contributed by atoms with Crippen molar-refractivity contribution < 1.29 is 26.3 Å². The van der Waals surface area contributed by atoms with E-state index in [0.717, 1.165) is 24.1 Å². The summed E-state index contributed by atoms with van der Waals surface area (Å²) in [5, 5.41) is 3.67. The van der Waals surface area contributed by atoms with E-state index in [0.29, 0.717) is 34.8 Å². The first-order chi connectivity index (χ1) is 21.9. The number of aromatic nitrogens is 3. The quantitative estimate of drug-likeness (QED) is 0.185. The first-order valence-corrected chi connectivity index (χ1v) is 14.9. The van der Waals surface area contributed by atoms with Crippen LogP contribution in [0.15, 0.2) is 102 Å². The SMILES string of the molecule is CCC1=C(C(F)(F)F)C=CC(Nc2nc(CN(C)C(CC)c3ccccc3)nc3cc(-c4ncccc4C(F)(F)F)ccc23)=CC1. The smallest absolute Gasteiger partial charge is 0.340 e. The Morgan fingerprint density at radius 3 is 2.33 bits per heavy atom. The Morgan fingerprint density at radius 1 is 0.891 bits per heavy atom. The van der Waals surface area contributed by atoms with Crippen molar-refractivity contribution >= 4 is 16.7 Å². The molecule has 240 valence electrons. The van der Waals surface area contributed by atoms with Gasteiger partial charge in [-0.05, 0) is 68.3 Å². The van der Waals surface area contributed by atoms with E-state index in [1.165, 1.54) is 30.5 Å². The molecule has 46 heavy (non-hydrogen) atoms. The Labute approximate surface area is 263 Å². The van der Waals surface area contributed by atoms with Gasteiger partial charge < -0.3 is 5.32 Å². The van der Waals surface area contributed by atoms with E-state index < -0.39 is 23.5 Å². The molecule has 1 aliphatic rings. The number of nitrogens with one attached hydrogen (secondary N) is 1. The van der Waals surface area contributed by atoms with E-state index in [9.17, 15) is 26.3 Å². The minimum atomic E-state index is -4.61. The van der Waals surface area contributed by atoms with Crippen LogP contribution in [0.4, 0.5) is 32.2 Å². The fourth-order valence-corrected chi connectivity index (χ4v) is 5.73. The molecule has 1 N–H and O–H groups in total. The van der Waals surface area contributed by atoms with E-state index in [2.05, 4.69) is 22.1 Å². The van der Waals surface area contributed by atoms with Gasteiger partial charge in [-0.3, -0.25) is 9.88 Å². The number of fused-ring (bicyclic) bond motifs is 1. The van der Waals surface area contributed by atoms with Crippen LogP contribution in [-0.4, -0.2) is 33.1 Å². The molecule has 2 aromatic carbocycles. The molecule has 5 rings (SSSR count). The molecule has 1 aliphatic carbocycles. The number of allylic oxidation sites excluding steroid dienone is 5. The Bertz CT molecular complexity index is 1790. The molecule has 0 bridgehead atoms. The van der Waals surface area contributed by atoms with Crippen molar-refractivity contribution in [3.63, 3.8) is 0 Å². The fourth-order valence-electron chi connectivity index (χ4n) is 5.73. The Hall–Kier alpha value is -4.51. The van der Waals surface area contributed by atoms with Crippen molar-refractivity contribution in [3.05, 3.63) is 119 Å². The summed E-state index contributed by atoms with van der Waals surface area (Å²) >= 11 is 0. The molecule has 5 nitrogen and oxygen atoms in total. The minimum Gasteiger partial charge on any atom is -0.340 e. The highest BCUT2D eigenvalue weighted by Gasteiger charge is 2.35. The lowest BCUT2D eigenvalue weighted by molar-refractivity contribution is -0.137. The summed E-state index contributed by atoms with van der Waals surface area (Å²) in [5.74, 6) is 0.719. The highest BCUT2D eigenvalue weighted by atomic mass is 19.4. The van der Waals surface area contributed by atoms with Gasteiger partial charge in [0.2, 0.25) is 0 Å². The topological polar surface area (TPSA) is 53.9 Å². The van der Waals surface area contributed by atoms with Crippen molar-refractivity contribution in [2.45, 2.75) is 58.0 Å². The van der Waals surface area contributed by atoms with Gasteiger partial charge in [0.05, 0.1) is 28.9 Å². The van der Waals surface area contributed by atoms with Gasteiger partial charge in [-0.25, -0.2) is 9.97 Å². The van der Waals surface area contributed by atoms with Gasteiger partial charge in [0, 0.05) is 28.9 Å². The average molecular weight is 638 g/mol. The molecular weight excluding hydrogens is 604 g/mol. The monoisotopic (exact) mass is 637 g/mol. The number of nitrogens with zero attached hydrogens (tertiary/aromatic N) is 4. The van der Waals surface area contributed by atoms with Gasteiger partial charge in [0.1, 0.15) is 11.6 Å². The lowest BCUT2D eigenvalue weighted by Crippen LogP contribution is -2.25. The van der Waals surface area contributed by atoms with E-state index >= 15 is 0 Å². The molecule has 0 radical (unpaired) electrons. The highest BCUT2D eigenvalue weighted by molar-refractivity contribution is 5.93. The second-order valence-corrected chi connectivity index (χ2v) is 11.1. The number of hydrogen-bond acceptors (Lipinski definition) is 5. The van der Waals surface area contributed by atoms with Crippen LogP contribution in [0.5, 0.6) is 0 Å². The molecule has 0 saturated heterocycles. The van der Waals surface area contributed by atoms with Gasteiger partial charge in [-0.1, -0.05) is 61.9 Å². The zero-order valence-corrected chi connectivity index (χ0v) is 25.5. The van der Waals surface area contributed by atoms with Crippen LogP contribution >= 0.6 is 0 Å². The summed E-state index contributed by atoms with van der Waals surface area (Å²) < 4.78 is 82.8. The first kappa shape index (κ1) is 32.9. The Kier molecular flexibility index (Phi) is 9.62. The number of alkyl halides is 6. The molecule has 1 unspecified atom stereocenters. The van der Waals surface area contributed by atoms with Crippen LogP contribution in [-0.2, 0) is 12.7 Å². The Balaban J connectivity index is 1.58. The van der Waals surface area contributed by atoms with Crippen LogP contribution in [0.3, 0.4) is 0 Å². The van der Waals surface area contributed by atoms with Crippen molar-refractivity contribution in [3.8, 4) is 11.3 Å². The number of halogens is 6. The van der Waals surface area contributed by atoms with E-state index in [4.69, 9.17) is 9.97 Å². The average Bonchev–Trinajstić information content (AvgIpc) is 3.23. The molecule has 0 spiro atoms. The van der Waals surface area contributed by atoms with Gasteiger partial charge >= 0.3 is 12.4 Å². The highest BCUT2D eigenvalue weighted by Crippen LogP contribution is 2.38. The summed E-state index contributed by atoms with van der Waals surface area (Å²) in [4.78, 5) is 15.6. The summed E-state index contributed by atoms with van der Waals surface area (Å²) in [6, 6.07) is 16.8. The maximum atomic E-state index is 13.8. The van der Waals surface area contributed by atoms with E-state index in [-0.39, 0.29) is 35.7 Å². The zero-order chi connectivity index (χ0) is 33.1. The number of hydrogen-bond donors (Lipinski definition) is 1. The van der Waals surface area contributed by atoms with Crippen LogP contribution < -0.4 is 5.32 Å². The fraction of sp³-hybridized carbons (Fsp3) is 0.286. The minimum absolute atomic E-state index is 0.0398. The molecule has 0 amide bonds. The predicted octanol–water partition coefficient (Wildman–Crippen LogP) is 9.82. The van der Waals surface area contributed by atoms with Gasteiger partial charge in [0.25, 0.3) is 0 Å². The van der Waals surface area contributed by atoms with E-state index in [1.54, 1.807) is 19.1 Å². The van der Waals surface area contributed by atoms with Crippen molar-refractivity contribution in [2.75, 3.05) is 12.4 Å². The summed E-state index contributed by atoms with van der Waals surface area (Å²) in [5.41, 5.74) is 0.597. The summed E-state index contributed by atoms with van der Waals surface area (Å²) in [6.07, 6.45) is -2.56. The third-order valence-corrected chi connectivity index (χ3v) is 8.00. The number of benzene rings is 2. The standard InChI is InChI=1S/C35H33F6N5/c1-4-22-13-15-25(16-18-27(22)34(36,37)38)43-33-26-17-14-24(32-28(35(39,40)41)12-9-19-42-32)20-29(26)44-31(45-33)21-46(3)30(5-2)23-10-7-6-8-11-23/h6-12,14-20,30H,4-5,13,21H2,1-3H3,(H,43,44,45). The molecule has 2 aromatic heterocycles. The summed E-state index contributed by atoms with van der Waals surface area (Å²) in [7, 11) is 1.94. The second kappa shape index (κ2) is 13.5. The zero-order valence-electron chi connectivity index (χ0n) is 25.5. The number of pyridine rings is 1. The molecule has 0 aliphatic heterocycles. The molecule has 0 fully saturated rings. The molecule has 0 saturated carbocycles. The molecule has 4 aromatic rings. The lowest BCUT2D eigenvalue weighted by Gasteiger charge is -2.27. The molecule has 1 atom stereocenters. The largest absolute Gasteiger partial charge is 0.418 e. The number of rotatable bonds is 9. The normalized spacial score (nSPS) is 14.9. The second-order valence-electron chi connectivity index (χ2n) is 11.1.